The molecule has 0 aromatic rings. The van der Waals surface area contributed by atoms with E-state index in [1.807, 2.05) is 0 Å². The molecule has 1 unspecified atom stereocenters. The molecule has 0 aliphatic rings. The lowest BCUT2D eigenvalue weighted by atomic mass is 10.0. The van der Waals surface area contributed by atoms with Crippen molar-refractivity contribution in [1.82, 2.24) is 0 Å². The van der Waals surface area contributed by atoms with E-state index >= 15 is 0 Å². The summed E-state index contributed by atoms with van der Waals surface area (Å²) in [6.45, 7) is 2.78. The number of carboxylic acid groups (broad SMARTS) is 1. The number of unbranched alkanes of at least 4 members (excludes halogenated alkanes) is 24. The SMILES string of the molecule is CCCCC/C=C\C/C=C\CCCCCCCC(=O)O[C@H](COC(=O)CCCCCCCCCCCCCCCCCCC)COP(=O)(O)OC[C@H](N)C(=O)O. The molecule has 0 heterocycles. The number of ether oxygens (including phenoxy) is 2. The van der Waals surface area contributed by atoms with Crippen molar-refractivity contribution in [3.05, 3.63) is 24.3 Å². The van der Waals surface area contributed by atoms with Crippen LogP contribution in [0.3, 0.4) is 0 Å². The van der Waals surface area contributed by atoms with Crippen LogP contribution in [0.25, 0.3) is 0 Å². The summed E-state index contributed by atoms with van der Waals surface area (Å²) in [6, 6.07) is -1.52. The Morgan fingerprint density at radius 1 is 0.554 bits per heavy atom. The molecule has 0 radical (unpaired) electrons. The standard InChI is InChI=1S/C44H82NO10P/c1-3-5-7-9-11-13-15-17-19-20-22-23-25-27-29-31-33-35-42(46)52-37-40(38-53-56(50,51)54-39-41(45)44(48)49)55-43(47)36-34-32-30-28-26-24-21-18-16-14-12-10-8-6-4-2/h12,14,18,21,40-41H,3-11,13,15-17,19-20,22-39,45H2,1-2H3,(H,48,49)(H,50,51)/b14-12-,21-18-/t40-,41+/m1/s1. The number of nitrogens with two attached hydrogens (primary N) is 1. The van der Waals surface area contributed by atoms with Crippen molar-refractivity contribution in [2.24, 2.45) is 5.73 Å². The predicted octanol–water partition coefficient (Wildman–Crippen LogP) is 11.8. The van der Waals surface area contributed by atoms with Crippen molar-refractivity contribution in [3.8, 4) is 0 Å². The Hall–Kier alpha value is -2.04. The van der Waals surface area contributed by atoms with Gasteiger partial charge < -0.3 is 25.2 Å². The molecule has 0 fully saturated rings. The summed E-state index contributed by atoms with van der Waals surface area (Å²) in [4.78, 5) is 46.0. The lowest BCUT2D eigenvalue weighted by Crippen LogP contribution is -2.34. The fourth-order valence-corrected chi connectivity index (χ4v) is 6.93. The number of carbonyl (C=O) groups is 3. The molecule has 328 valence electrons. The molecule has 0 spiro atoms. The van der Waals surface area contributed by atoms with E-state index in [1.165, 1.54) is 103 Å². The molecule has 0 amide bonds. The van der Waals surface area contributed by atoms with Gasteiger partial charge in [0.25, 0.3) is 0 Å². The van der Waals surface area contributed by atoms with Crippen LogP contribution in [0.4, 0.5) is 0 Å². The second kappa shape index (κ2) is 39.8. The zero-order chi connectivity index (χ0) is 41.4. The van der Waals surface area contributed by atoms with Gasteiger partial charge in [-0.1, -0.05) is 173 Å². The van der Waals surface area contributed by atoms with Crippen LogP contribution in [0.2, 0.25) is 0 Å². The zero-order valence-corrected chi connectivity index (χ0v) is 36.4. The minimum atomic E-state index is -4.72. The monoisotopic (exact) mass is 816 g/mol. The number of phosphoric ester groups is 1. The van der Waals surface area contributed by atoms with Gasteiger partial charge in [-0.2, -0.15) is 0 Å². The first-order valence-electron chi connectivity index (χ1n) is 22.4. The zero-order valence-electron chi connectivity index (χ0n) is 35.5. The minimum Gasteiger partial charge on any atom is -0.480 e. The lowest BCUT2D eigenvalue weighted by Gasteiger charge is -2.20. The van der Waals surface area contributed by atoms with Crippen LogP contribution in [0.1, 0.15) is 206 Å². The van der Waals surface area contributed by atoms with E-state index < -0.39 is 51.1 Å². The van der Waals surface area contributed by atoms with Crippen LogP contribution in [-0.4, -0.2) is 59.9 Å². The van der Waals surface area contributed by atoms with E-state index in [0.29, 0.717) is 12.8 Å². The molecule has 11 nitrogen and oxygen atoms in total. The van der Waals surface area contributed by atoms with Gasteiger partial charge in [-0.3, -0.25) is 23.4 Å². The van der Waals surface area contributed by atoms with Gasteiger partial charge in [0.2, 0.25) is 0 Å². The molecule has 4 N–H and O–H groups in total. The second-order valence-corrected chi connectivity index (χ2v) is 16.6. The first-order valence-corrected chi connectivity index (χ1v) is 23.9. The quantitative estimate of drug-likeness (QED) is 0.0232. The highest BCUT2D eigenvalue weighted by Crippen LogP contribution is 2.43. The molecule has 0 aliphatic heterocycles. The number of aliphatic carboxylic acids is 1. The first kappa shape index (κ1) is 54.0. The second-order valence-electron chi connectivity index (χ2n) is 15.2. The van der Waals surface area contributed by atoms with Crippen molar-refractivity contribution >= 4 is 25.7 Å². The topological polar surface area (TPSA) is 172 Å². The number of hydrogen-bond donors (Lipinski definition) is 3. The lowest BCUT2D eigenvalue weighted by molar-refractivity contribution is -0.161. The summed E-state index contributed by atoms with van der Waals surface area (Å²) in [5.41, 5.74) is 5.33. The molecular weight excluding hydrogens is 733 g/mol. The molecule has 0 bridgehead atoms. The normalized spacial score (nSPS) is 13.9. The Balaban J connectivity index is 4.34. The van der Waals surface area contributed by atoms with Gasteiger partial charge in [0.05, 0.1) is 13.2 Å². The van der Waals surface area contributed by atoms with Crippen molar-refractivity contribution < 1.29 is 47.5 Å². The Morgan fingerprint density at radius 2 is 0.946 bits per heavy atom. The smallest absolute Gasteiger partial charge is 0.472 e. The van der Waals surface area contributed by atoms with Crippen molar-refractivity contribution in [2.45, 2.75) is 219 Å². The maximum absolute atomic E-state index is 12.6. The Morgan fingerprint density at radius 3 is 1.43 bits per heavy atom. The summed E-state index contributed by atoms with van der Waals surface area (Å²) in [5.74, 6) is -2.39. The maximum Gasteiger partial charge on any atom is 0.472 e. The summed E-state index contributed by atoms with van der Waals surface area (Å²) >= 11 is 0. The van der Waals surface area contributed by atoms with E-state index in [9.17, 15) is 23.8 Å². The van der Waals surface area contributed by atoms with Crippen LogP contribution in [0.5, 0.6) is 0 Å². The van der Waals surface area contributed by atoms with Crippen LogP contribution in [0, 0.1) is 0 Å². The molecule has 0 rings (SSSR count). The molecular formula is C44H82NO10P. The van der Waals surface area contributed by atoms with E-state index in [1.54, 1.807) is 0 Å². The largest absolute Gasteiger partial charge is 0.480 e. The fourth-order valence-electron chi connectivity index (χ4n) is 6.15. The van der Waals surface area contributed by atoms with Crippen molar-refractivity contribution in [2.75, 3.05) is 19.8 Å². The third-order valence-corrected chi connectivity index (χ3v) is 10.7. The first-order chi connectivity index (χ1) is 27.1. The fraction of sp³-hybridized carbons (Fsp3) is 0.841. The number of carbonyl (C=O) groups excluding carboxylic acids is 2. The summed E-state index contributed by atoms with van der Waals surface area (Å²) in [7, 11) is -4.72. The molecule has 56 heavy (non-hydrogen) atoms. The Labute approximate surface area is 340 Å². The van der Waals surface area contributed by atoms with Gasteiger partial charge in [0, 0.05) is 12.8 Å². The molecule has 0 saturated heterocycles. The number of esters is 2. The van der Waals surface area contributed by atoms with Crippen LogP contribution in [-0.2, 0) is 37.5 Å². The molecule has 12 heteroatoms. The van der Waals surface area contributed by atoms with Crippen LogP contribution < -0.4 is 5.73 Å². The van der Waals surface area contributed by atoms with Gasteiger partial charge in [0.1, 0.15) is 12.6 Å². The summed E-state index contributed by atoms with van der Waals surface area (Å²) in [6.07, 6.45) is 40.9. The molecule has 3 atom stereocenters. The number of carboxylic acids is 1. The number of allylic oxidation sites excluding steroid dienone is 4. The Bertz CT molecular complexity index is 1050. The third kappa shape index (κ3) is 38.8. The van der Waals surface area contributed by atoms with Gasteiger partial charge >= 0.3 is 25.7 Å². The van der Waals surface area contributed by atoms with Crippen LogP contribution >= 0.6 is 7.82 Å². The average molecular weight is 816 g/mol. The Kier molecular flexibility index (Phi) is 38.3. The van der Waals surface area contributed by atoms with Gasteiger partial charge in [-0.25, -0.2) is 4.57 Å². The van der Waals surface area contributed by atoms with E-state index in [2.05, 4.69) is 42.7 Å². The summed E-state index contributed by atoms with van der Waals surface area (Å²) < 4.78 is 32.7. The number of hydrogen-bond acceptors (Lipinski definition) is 9. The van der Waals surface area contributed by atoms with E-state index in [-0.39, 0.29) is 19.4 Å². The van der Waals surface area contributed by atoms with E-state index in [4.69, 9.17) is 24.8 Å². The summed E-state index contributed by atoms with van der Waals surface area (Å²) in [5, 5.41) is 8.89. The van der Waals surface area contributed by atoms with Crippen LogP contribution in [0.15, 0.2) is 24.3 Å². The molecule has 0 aliphatic carbocycles. The van der Waals surface area contributed by atoms with Gasteiger partial charge in [-0.05, 0) is 44.9 Å². The molecule has 0 aromatic heterocycles. The number of phosphoric acid groups is 1. The van der Waals surface area contributed by atoms with Gasteiger partial charge in [-0.15, -0.1) is 0 Å². The van der Waals surface area contributed by atoms with E-state index in [0.717, 1.165) is 64.2 Å². The average Bonchev–Trinajstić information content (AvgIpc) is 3.17. The molecule has 0 aromatic carbocycles. The third-order valence-electron chi connectivity index (χ3n) is 9.70. The molecule has 0 saturated carbocycles. The highest BCUT2D eigenvalue weighted by atomic mass is 31.2. The predicted molar refractivity (Wildman–Crippen MR) is 226 cm³/mol. The van der Waals surface area contributed by atoms with Crippen molar-refractivity contribution in [1.29, 1.82) is 0 Å². The minimum absolute atomic E-state index is 0.148. The van der Waals surface area contributed by atoms with Crippen molar-refractivity contribution in [3.63, 3.8) is 0 Å². The number of rotatable bonds is 42. The highest BCUT2D eigenvalue weighted by Gasteiger charge is 2.28. The van der Waals surface area contributed by atoms with Gasteiger partial charge in [0.15, 0.2) is 6.10 Å². The highest BCUT2D eigenvalue weighted by molar-refractivity contribution is 7.47. The maximum atomic E-state index is 12.6.